The molecule has 1 aromatic heterocycles. The summed E-state index contributed by atoms with van der Waals surface area (Å²) in [4.78, 5) is 35.3. The van der Waals surface area contributed by atoms with Crippen LogP contribution in [-0.4, -0.2) is 72.7 Å². The molecule has 0 amide bonds. The number of nitrogens with one attached hydrogen (secondary N) is 1. The lowest BCUT2D eigenvalue weighted by Crippen LogP contribution is -2.40. The van der Waals surface area contributed by atoms with Crippen molar-refractivity contribution in [3.05, 3.63) is 22.7 Å². The van der Waals surface area contributed by atoms with E-state index in [4.69, 9.17) is 31.3 Å². The molecule has 0 aliphatic heterocycles. The Balaban J connectivity index is 0. The molecule has 0 aromatic carbocycles. The van der Waals surface area contributed by atoms with Gasteiger partial charge in [-0.15, -0.1) is 0 Å². The number of hydrogen-bond donors (Lipinski definition) is 7. The molecule has 0 saturated heterocycles. The van der Waals surface area contributed by atoms with Crippen molar-refractivity contribution < 1.29 is 35.1 Å². The number of nitrogens with zero attached hydrogens (tertiary/aromatic N) is 1. The first-order valence-corrected chi connectivity index (χ1v) is 6.82. The summed E-state index contributed by atoms with van der Waals surface area (Å²) in [7, 11) is 0. The number of nitrogens with two attached hydrogens (primary N) is 1. The molecule has 0 aliphatic carbocycles. The van der Waals surface area contributed by atoms with E-state index in [0.29, 0.717) is 6.42 Å². The number of anilines is 1. The number of aromatic nitrogens is 2. The predicted octanol–water partition coefficient (Wildman–Crippen LogP) is -2.52. The molecule has 138 valence electrons. The number of carbonyl (C=O) groups excluding carboxylic acids is 1. The van der Waals surface area contributed by atoms with E-state index in [0.717, 1.165) is 6.42 Å². The normalized spacial score (nSPS) is 13.2. The van der Waals surface area contributed by atoms with E-state index >= 15 is 0 Å². The molecule has 3 unspecified atom stereocenters. The molecule has 11 heteroatoms. The summed E-state index contributed by atoms with van der Waals surface area (Å²) >= 11 is 0. The Morgan fingerprint density at radius 2 is 2.00 bits per heavy atom. The highest BCUT2D eigenvalue weighted by molar-refractivity contribution is 5.66. The van der Waals surface area contributed by atoms with Gasteiger partial charge in [-0.25, -0.2) is 4.79 Å². The average Bonchev–Trinajstić information content (AvgIpc) is 2.53. The van der Waals surface area contributed by atoms with Gasteiger partial charge < -0.3 is 41.0 Å². The number of hydrogen-bond acceptors (Lipinski definition) is 9. The van der Waals surface area contributed by atoms with Crippen molar-refractivity contribution in [2.45, 2.75) is 38.1 Å². The van der Waals surface area contributed by atoms with Gasteiger partial charge in [0.15, 0.2) is 6.29 Å². The van der Waals surface area contributed by atoms with E-state index in [1.807, 2.05) is 6.92 Å². The number of nitrogen functional groups attached to an aromatic ring is 1. The van der Waals surface area contributed by atoms with Crippen LogP contribution in [0.15, 0.2) is 17.1 Å². The molecule has 1 heterocycles. The largest absolute Gasteiger partial charge is 0.481 e. The Kier molecular flexibility index (Phi) is 14.2. The third kappa shape index (κ3) is 13.3. The number of carboxylic acids is 1. The predicted molar refractivity (Wildman–Crippen MR) is 83.0 cm³/mol. The van der Waals surface area contributed by atoms with E-state index in [1.54, 1.807) is 0 Å². The molecule has 0 radical (unpaired) electrons. The highest BCUT2D eigenvalue weighted by Crippen LogP contribution is 1.96. The third-order valence-corrected chi connectivity index (χ3v) is 2.23. The second-order valence-electron chi connectivity index (χ2n) is 4.33. The van der Waals surface area contributed by atoms with Gasteiger partial charge in [-0.3, -0.25) is 4.79 Å². The molecule has 0 spiro atoms. The smallest absolute Gasteiger partial charge is 0.346 e. The summed E-state index contributed by atoms with van der Waals surface area (Å²) in [5.74, 6) is -0.466. The Labute approximate surface area is 137 Å². The van der Waals surface area contributed by atoms with Crippen molar-refractivity contribution in [1.82, 2.24) is 9.97 Å². The number of H-pyrrole nitrogens is 1. The van der Waals surface area contributed by atoms with Gasteiger partial charge in [0.05, 0.1) is 6.61 Å². The molecule has 24 heavy (non-hydrogen) atoms. The Morgan fingerprint density at radius 3 is 2.25 bits per heavy atom. The zero-order valence-corrected chi connectivity index (χ0v) is 13.1. The van der Waals surface area contributed by atoms with Crippen LogP contribution in [-0.2, 0) is 9.59 Å². The summed E-state index contributed by atoms with van der Waals surface area (Å²) in [6, 6.07) is 1.52. The first-order valence-electron chi connectivity index (χ1n) is 6.82. The van der Waals surface area contributed by atoms with Crippen LogP contribution in [0.4, 0.5) is 5.82 Å². The zero-order chi connectivity index (χ0) is 19.1. The number of rotatable bonds is 6. The lowest BCUT2D eigenvalue weighted by Gasteiger charge is -2.16. The van der Waals surface area contributed by atoms with Crippen molar-refractivity contribution in [1.29, 1.82) is 0 Å². The number of aliphatic hydroxyl groups is 4. The van der Waals surface area contributed by atoms with Crippen LogP contribution in [0.1, 0.15) is 19.8 Å². The van der Waals surface area contributed by atoms with E-state index in [-0.39, 0.29) is 12.1 Å². The minimum absolute atomic E-state index is 0.0869. The quantitative estimate of drug-likeness (QED) is 0.268. The molecule has 3 atom stereocenters. The molecule has 0 saturated carbocycles. The molecular formula is C13H23N3O8. The fourth-order valence-corrected chi connectivity index (χ4v) is 1.02. The molecule has 8 N–H and O–H groups in total. The minimum atomic E-state index is -1.64. The SMILES string of the molecule is CCCC(=O)O.Nc1cc[nH]c(=O)n1.O=CC(O)C(O)C(O)CO. The van der Waals surface area contributed by atoms with Gasteiger partial charge in [-0.05, 0) is 12.5 Å². The third-order valence-electron chi connectivity index (χ3n) is 2.23. The second-order valence-corrected chi connectivity index (χ2v) is 4.33. The fraction of sp³-hybridized carbons (Fsp3) is 0.538. The number of aliphatic carboxylic acids is 1. The number of aromatic amines is 1. The van der Waals surface area contributed by atoms with Gasteiger partial charge in [0.25, 0.3) is 0 Å². The van der Waals surface area contributed by atoms with Gasteiger partial charge in [-0.2, -0.15) is 4.98 Å². The molecule has 0 bridgehead atoms. The minimum Gasteiger partial charge on any atom is -0.481 e. The summed E-state index contributed by atoms with van der Waals surface area (Å²) in [5, 5.41) is 42.0. The van der Waals surface area contributed by atoms with Crippen molar-refractivity contribution in [3.8, 4) is 0 Å². The van der Waals surface area contributed by atoms with Crippen LogP contribution in [0.5, 0.6) is 0 Å². The summed E-state index contributed by atoms with van der Waals surface area (Å²) < 4.78 is 0. The molecule has 0 fully saturated rings. The van der Waals surface area contributed by atoms with Crippen LogP contribution in [0.25, 0.3) is 0 Å². The van der Waals surface area contributed by atoms with E-state index < -0.39 is 36.6 Å². The van der Waals surface area contributed by atoms with Crippen molar-refractivity contribution >= 4 is 18.1 Å². The lowest BCUT2D eigenvalue weighted by molar-refractivity contribution is -0.137. The van der Waals surface area contributed by atoms with E-state index in [9.17, 15) is 14.4 Å². The Hall–Kier alpha value is -2.34. The molecular weight excluding hydrogens is 326 g/mol. The maximum atomic E-state index is 10.2. The number of carbonyl (C=O) groups is 2. The van der Waals surface area contributed by atoms with Crippen LogP contribution >= 0.6 is 0 Å². The first-order chi connectivity index (χ1) is 11.2. The van der Waals surface area contributed by atoms with E-state index in [1.165, 1.54) is 12.3 Å². The van der Waals surface area contributed by atoms with Crippen molar-refractivity contribution in [2.75, 3.05) is 12.3 Å². The van der Waals surface area contributed by atoms with E-state index in [2.05, 4.69) is 9.97 Å². The second kappa shape index (κ2) is 14.3. The topological polar surface area (TPSA) is 207 Å². The van der Waals surface area contributed by atoms with Gasteiger partial charge in [-0.1, -0.05) is 6.92 Å². The fourth-order valence-electron chi connectivity index (χ4n) is 1.02. The molecule has 1 rings (SSSR count). The highest BCUT2D eigenvalue weighted by Gasteiger charge is 2.22. The van der Waals surface area contributed by atoms with Crippen molar-refractivity contribution in [2.24, 2.45) is 0 Å². The van der Waals surface area contributed by atoms with Gasteiger partial charge in [0.1, 0.15) is 24.1 Å². The van der Waals surface area contributed by atoms with Crippen molar-refractivity contribution in [3.63, 3.8) is 0 Å². The van der Waals surface area contributed by atoms with Gasteiger partial charge in [0, 0.05) is 12.6 Å². The van der Waals surface area contributed by atoms with Crippen LogP contribution < -0.4 is 11.4 Å². The van der Waals surface area contributed by atoms with Gasteiger partial charge in [0.2, 0.25) is 0 Å². The number of carboxylic acid groups (broad SMARTS) is 1. The average molecular weight is 349 g/mol. The lowest BCUT2D eigenvalue weighted by atomic mass is 10.1. The maximum Gasteiger partial charge on any atom is 0.346 e. The molecule has 1 aromatic rings. The molecule has 11 nitrogen and oxygen atoms in total. The van der Waals surface area contributed by atoms with Crippen LogP contribution in [0.3, 0.4) is 0 Å². The van der Waals surface area contributed by atoms with Gasteiger partial charge >= 0.3 is 11.7 Å². The Bertz CT molecular complexity index is 522. The Morgan fingerprint density at radius 1 is 1.42 bits per heavy atom. The monoisotopic (exact) mass is 349 g/mol. The summed E-state index contributed by atoms with van der Waals surface area (Å²) in [5.41, 5.74) is 4.72. The number of aldehydes is 1. The maximum absolute atomic E-state index is 10.2. The standard InChI is InChI=1S/C5H10O5.C4H5N3O.C4H8O2/c6-1-3(8)5(10)4(9)2-7;5-3-1-2-6-4(8)7-3;1-2-3-4(5)6/h1,3-5,7-10H,2H2;1-2H,(H3,5,6,7,8);2-3H2,1H3,(H,5,6). The zero-order valence-electron chi connectivity index (χ0n) is 13.1. The highest BCUT2D eigenvalue weighted by atomic mass is 16.4. The first kappa shape index (κ1) is 23.9. The summed E-state index contributed by atoms with van der Waals surface area (Å²) in [6.45, 7) is 1.15. The summed E-state index contributed by atoms with van der Waals surface area (Å²) in [6.07, 6.45) is -2.16. The van der Waals surface area contributed by atoms with Crippen LogP contribution in [0, 0.1) is 0 Å². The van der Waals surface area contributed by atoms with Crippen LogP contribution in [0.2, 0.25) is 0 Å². The molecule has 0 aliphatic rings. The number of aliphatic hydroxyl groups excluding tert-OH is 4.